The molecule has 2 rings (SSSR count). The van der Waals surface area contributed by atoms with Gasteiger partial charge in [-0.2, -0.15) is 0 Å². The van der Waals surface area contributed by atoms with Gasteiger partial charge in [0.2, 0.25) is 0 Å². The Balaban J connectivity index is 2.13. The Kier molecular flexibility index (Phi) is 4.21. The summed E-state index contributed by atoms with van der Waals surface area (Å²) in [7, 11) is 0. The number of aliphatic carboxylic acids is 1. The molecule has 0 radical (unpaired) electrons. The lowest BCUT2D eigenvalue weighted by molar-refractivity contribution is -0.169. The molecule has 110 valence electrons. The van der Waals surface area contributed by atoms with E-state index in [1.807, 2.05) is 20.8 Å². The summed E-state index contributed by atoms with van der Waals surface area (Å²) >= 11 is 0. The largest absolute Gasteiger partial charge is 0.481 e. The second-order valence-corrected chi connectivity index (χ2v) is 7.08. The van der Waals surface area contributed by atoms with Crippen molar-refractivity contribution in [2.24, 2.45) is 17.3 Å². The van der Waals surface area contributed by atoms with E-state index in [4.69, 9.17) is 9.47 Å². The van der Waals surface area contributed by atoms with Gasteiger partial charge in [0.25, 0.3) is 0 Å². The molecule has 1 spiro atoms. The van der Waals surface area contributed by atoms with Crippen LogP contribution in [0.2, 0.25) is 0 Å². The molecule has 2 heterocycles. The van der Waals surface area contributed by atoms with Crippen LogP contribution in [0.3, 0.4) is 0 Å². The van der Waals surface area contributed by atoms with Crippen LogP contribution in [0.15, 0.2) is 0 Å². The lowest BCUT2D eigenvalue weighted by atomic mass is 9.67. The van der Waals surface area contributed by atoms with Crippen LogP contribution in [0.25, 0.3) is 0 Å². The Hall–Kier alpha value is -0.610. The number of carbonyl (C=O) groups is 1. The van der Waals surface area contributed by atoms with E-state index in [0.29, 0.717) is 6.61 Å². The molecular weight excluding hydrogens is 244 g/mol. The van der Waals surface area contributed by atoms with E-state index in [9.17, 15) is 9.90 Å². The molecule has 0 aliphatic carbocycles. The minimum absolute atomic E-state index is 0.125. The quantitative estimate of drug-likeness (QED) is 0.838. The molecule has 0 saturated carbocycles. The molecule has 2 atom stereocenters. The van der Waals surface area contributed by atoms with Gasteiger partial charge in [-0.15, -0.1) is 0 Å². The number of hydrogen-bond acceptors (Lipinski definition) is 3. The second-order valence-electron chi connectivity index (χ2n) is 7.08. The average Bonchev–Trinajstić information content (AvgIpc) is 2.27. The van der Waals surface area contributed by atoms with Gasteiger partial charge in [0, 0.05) is 19.8 Å². The number of carboxylic acid groups (broad SMARTS) is 1. The molecule has 19 heavy (non-hydrogen) atoms. The van der Waals surface area contributed by atoms with Crippen LogP contribution in [0.5, 0.6) is 0 Å². The highest BCUT2D eigenvalue weighted by Crippen LogP contribution is 2.44. The van der Waals surface area contributed by atoms with E-state index in [1.165, 1.54) is 0 Å². The zero-order chi connectivity index (χ0) is 14.1. The molecule has 0 bridgehead atoms. The number of hydrogen-bond donors (Lipinski definition) is 1. The smallest absolute Gasteiger partial charge is 0.307 e. The third-order valence-corrected chi connectivity index (χ3v) is 4.61. The molecule has 1 N–H and O–H groups in total. The summed E-state index contributed by atoms with van der Waals surface area (Å²) in [5, 5.41) is 9.58. The van der Waals surface area contributed by atoms with Gasteiger partial charge in [-0.1, -0.05) is 20.8 Å². The molecule has 0 aromatic rings. The van der Waals surface area contributed by atoms with Gasteiger partial charge in [-0.3, -0.25) is 4.79 Å². The lowest BCUT2D eigenvalue weighted by Gasteiger charge is -2.46. The monoisotopic (exact) mass is 270 g/mol. The zero-order valence-corrected chi connectivity index (χ0v) is 12.3. The Morgan fingerprint density at radius 3 is 2.42 bits per heavy atom. The standard InChI is InChI=1S/C15H26O4/c1-14(2,3)12(13(16)17)11-4-7-19-15(10-11)5-8-18-9-6-15/h11-12H,4-10H2,1-3H3,(H,16,17). The molecule has 2 aliphatic rings. The van der Waals surface area contributed by atoms with Crippen LogP contribution in [0.4, 0.5) is 0 Å². The zero-order valence-electron chi connectivity index (χ0n) is 12.3. The molecule has 2 aliphatic heterocycles. The molecule has 4 heteroatoms. The van der Waals surface area contributed by atoms with Crippen molar-refractivity contribution in [3.8, 4) is 0 Å². The summed E-state index contributed by atoms with van der Waals surface area (Å²) in [6.07, 6.45) is 3.53. The summed E-state index contributed by atoms with van der Waals surface area (Å²) in [5.74, 6) is -0.748. The SMILES string of the molecule is CC(C)(C)C(C(=O)O)C1CCOC2(CCOCC2)C1. The Morgan fingerprint density at radius 1 is 1.26 bits per heavy atom. The van der Waals surface area contributed by atoms with Gasteiger partial charge in [0.1, 0.15) is 0 Å². The first-order valence-electron chi connectivity index (χ1n) is 7.29. The van der Waals surface area contributed by atoms with Crippen molar-refractivity contribution in [3.05, 3.63) is 0 Å². The fourth-order valence-electron chi connectivity index (χ4n) is 3.72. The highest BCUT2D eigenvalue weighted by molar-refractivity contribution is 5.71. The second kappa shape index (κ2) is 5.41. The topological polar surface area (TPSA) is 55.8 Å². The first kappa shape index (κ1) is 14.8. The first-order valence-corrected chi connectivity index (χ1v) is 7.29. The Labute approximate surface area is 115 Å². The normalized spacial score (nSPS) is 29.1. The molecule has 4 nitrogen and oxygen atoms in total. The molecule has 0 aromatic heterocycles. The van der Waals surface area contributed by atoms with Gasteiger partial charge in [-0.05, 0) is 37.0 Å². The Morgan fingerprint density at radius 2 is 1.89 bits per heavy atom. The minimum atomic E-state index is -0.665. The molecule has 0 amide bonds. The first-order chi connectivity index (χ1) is 8.84. The van der Waals surface area contributed by atoms with Crippen molar-refractivity contribution in [2.75, 3.05) is 19.8 Å². The van der Waals surface area contributed by atoms with E-state index in [2.05, 4.69) is 0 Å². The highest BCUT2D eigenvalue weighted by atomic mass is 16.5. The van der Waals surface area contributed by atoms with Gasteiger partial charge >= 0.3 is 5.97 Å². The summed E-state index contributed by atoms with van der Waals surface area (Å²) < 4.78 is 11.4. The predicted molar refractivity (Wildman–Crippen MR) is 72.0 cm³/mol. The van der Waals surface area contributed by atoms with Crippen molar-refractivity contribution in [3.63, 3.8) is 0 Å². The summed E-state index contributed by atoms with van der Waals surface area (Å²) in [6, 6.07) is 0. The van der Waals surface area contributed by atoms with E-state index >= 15 is 0 Å². The average molecular weight is 270 g/mol. The van der Waals surface area contributed by atoms with E-state index in [1.54, 1.807) is 0 Å². The van der Waals surface area contributed by atoms with Crippen molar-refractivity contribution in [2.45, 2.75) is 52.1 Å². The predicted octanol–water partition coefficient (Wildman–Crippen LogP) is 2.71. The molecular formula is C15H26O4. The summed E-state index contributed by atoms with van der Waals surface area (Å²) in [6.45, 7) is 8.23. The van der Waals surface area contributed by atoms with Crippen LogP contribution in [-0.4, -0.2) is 36.5 Å². The van der Waals surface area contributed by atoms with Crippen molar-refractivity contribution in [1.82, 2.24) is 0 Å². The maximum atomic E-state index is 11.7. The fraction of sp³-hybridized carbons (Fsp3) is 0.933. The van der Waals surface area contributed by atoms with Gasteiger partial charge in [-0.25, -0.2) is 0 Å². The fourth-order valence-corrected chi connectivity index (χ4v) is 3.72. The third-order valence-electron chi connectivity index (χ3n) is 4.61. The van der Waals surface area contributed by atoms with Gasteiger partial charge < -0.3 is 14.6 Å². The van der Waals surface area contributed by atoms with Crippen LogP contribution < -0.4 is 0 Å². The van der Waals surface area contributed by atoms with Crippen molar-refractivity contribution in [1.29, 1.82) is 0 Å². The van der Waals surface area contributed by atoms with Crippen molar-refractivity contribution >= 4 is 5.97 Å². The highest BCUT2D eigenvalue weighted by Gasteiger charge is 2.46. The maximum Gasteiger partial charge on any atom is 0.307 e. The number of ether oxygens (including phenoxy) is 2. The van der Waals surface area contributed by atoms with Gasteiger partial charge in [0.05, 0.1) is 11.5 Å². The Bertz CT molecular complexity index is 320. The van der Waals surface area contributed by atoms with Crippen LogP contribution >= 0.6 is 0 Å². The van der Waals surface area contributed by atoms with Crippen LogP contribution in [0, 0.1) is 17.3 Å². The molecule has 0 aromatic carbocycles. The number of carboxylic acids is 1. The molecule has 2 fully saturated rings. The molecule has 2 saturated heterocycles. The third kappa shape index (κ3) is 3.29. The van der Waals surface area contributed by atoms with Crippen LogP contribution in [0.1, 0.15) is 46.5 Å². The lowest BCUT2D eigenvalue weighted by Crippen LogP contribution is -2.48. The summed E-state index contributed by atoms with van der Waals surface area (Å²) in [5.41, 5.74) is -0.333. The van der Waals surface area contributed by atoms with Crippen LogP contribution in [-0.2, 0) is 14.3 Å². The number of rotatable bonds is 2. The van der Waals surface area contributed by atoms with E-state index in [-0.39, 0.29) is 22.9 Å². The molecule has 2 unspecified atom stereocenters. The van der Waals surface area contributed by atoms with E-state index < -0.39 is 5.97 Å². The summed E-state index contributed by atoms with van der Waals surface area (Å²) in [4.78, 5) is 11.7. The van der Waals surface area contributed by atoms with Gasteiger partial charge in [0.15, 0.2) is 0 Å². The van der Waals surface area contributed by atoms with E-state index in [0.717, 1.165) is 38.9 Å². The maximum absolute atomic E-state index is 11.7. The minimum Gasteiger partial charge on any atom is -0.481 e. The van der Waals surface area contributed by atoms with Crippen molar-refractivity contribution < 1.29 is 19.4 Å².